The molecule has 0 aromatic heterocycles. The number of hydrogen-bond acceptors (Lipinski definition) is 3. The van der Waals surface area contributed by atoms with Crippen molar-refractivity contribution in [2.75, 3.05) is 19.7 Å². The fourth-order valence-electron chi connectivity index (χ4n) is 1.74. The first-order valence-electron chi connectivity index (χ1n) is 6.80. The van der Waals surface area contributed by atoms with Crippen LogP contribution in [0.1, 0.15) is 29.8 Å². The van der Waals surface area contributed by atoms with Gasteiger partial charge in [0.15, 0.2) is 0 Å². The summed E-state index contributed by atoms with van der Waals surface area (Å²) < 4.78 is 5.51. The molecule has 0 saturated carbocycles. The standard InChI is InChI=1S/C16H23NO3/c1-4-9-17(10-11-18)16(19)15-7-5-14(6-8-15)12-20-13(2)3/h4-8,13,18H,1,9-12H2,2-3H3. The van der Waals surface area contributed by atoms with Gasteiger partial charge in [-0.05, 0) is 31.5 Å². The van der Waals surface area contributed by atoms with E-state index in [1.807, 2.05) is 26.0 Å². The third-order valence-corrected chi connectivity index (χ3v) is 2.79. The number of rotatable bonds is 8. The van der Waals surface area contributed by atoms with Crippen LogP contribution in [-0.2, 0) is 11.3 Å². The van der Waals surface area contributed by atoms with Crippen LogP contribution in [-0.4, -0.2) is 41.7 Å². The highest BCUT2D eigenvalue weighted by molar-refractivity contribution is 5.94. The second kappa shape index (κ2) is 8.51. The number of benzene rings is 1. The molecule has 110 valence electrons. The molecule has 1 N–H and O–H groups in total. The van der Waals surface area contributed by atoms with E-state index in [-0.39, 0.29) is 18.6 Å². The number of carbonyl (C=O) groups excluding carboxylic acids is 1. The molecule has 0 atom stereocenters. The van der Waals surface area contributed by atoms with Crippen molar-refractivity contribution in [2.45, 2.75) is 26.6 Å². The van der Waals surface area contributed by atoms with Crippen LogP contribution in [0.15, 0.2) is 36.9 Å². The second-order valence-electron chi connectivity index (χ2n) is 4.82. The van der Waals surface area contributed by atoms with Crippen molar-refractivity contribution < 1.29 is 14.6 Å². The van der Waals surface area contributed by atoms with Gasteiger partial charge in [-0.1, -0.05) is 18.2 Å². The van der Waals surface area contributed by atoms with Gasteiger partial charge in [-0.25, -0.2) is 0 Å². The first-order valence-corrected chi connectivity index (χ1v) is 6.80. The number of hydrogen-bond donors (Lipinski definition) is 1. The van der Waals surface area contributed by atoms with Crippen LogP contribution in [0.4, 0.5) is 0 Å². The van der Waals surface area contributed by atoms with Gasteiger partial charge in [-0.3, -0.25) is 4.79 Å². The quantitative estimate of drug-likeness (QED) is 0.741. The van der Waals surface area contributed by atoms with Crippen LogP contribution < -0.4 is 0 Å². The topological polar surface area (TPSA) is 49.8 Å². The summed E-state index contributed by atoms with van der Waals surface area (Å²) >= 11 is 0. The predicted octanol–water partition coefficient (Wildman–Crippen LogP) is 2.23. The largest absolute Gasteiger partial charge is 0.395 e. The average Bonchev–Trinajstić information content (AvgIpc) is 2.44. The summed E-state index contributed by atoms with van der Waals surface area (Å²) in [7, 11) is 0. The van der Waals surface area contributed by atoms with Gasteiger partial charge in [0.2, 0.25) is 0 Å². The van der Waals surface area contributed by atoms with Crippen LogP contribution in [0, 0.1) is 0 Å². The smallest absolute Gasteiger partial charge is 0.254 e. The molecule has 0 spiro atoms. The first-order chi connectivity index (χ1) is 9.58. The Kier molecular flexibility index (Phi) is 6.98. The van der Waals surface area contributed by atoms with Gasteiger partial charge in [0.05, 0.1) is 19.3 Å². The second-order valence-corrected chi connectivity index (χ2v) is 4.82. The zero-order chi connectivity index (χ0) is 15.0. The van der Waals surface area contributed by atoms with E-state index in [0.717, 1.165) is 5.56 Å². The molecular weight excluding hydrogens is 254 g/mol. The normalized spacial score (nSPS) is 10.6. The van der Waals surface area contributed by atoms with E-state index in [1.165, 1.54) is 0 Å². The maximum absolute atomic E-state index is 12.2. The molecule has 0 heterocycles. The summed E-state index contributed by atoms with van der Waals surface area (Å²) in [4.78, 5) is 13.8. The highest BCUT2D eigenvalue weighted by atomic mass is 16.5. The maximum Gasteiger partial charge on any atom is 0.254 e. The predicted molar refractivity (Wildman–Crippen MR) is 79.6 cm³/mol. The summed E-state index contributed by atoms with van der Waals surface area (Å²) in [5, 5.41) is 8.98. The van der Waals surface area contributed by atoms with Crippen molar-refractivity contribution >= 4 is 5.91 Å². The number of ether oxygens (including phenoxy) is 1. The van der Waals surface area contributed by atoms with Gasteiger partial charge < -0.3 is 14.7 Å². The van der Waals surface area contributed by atoms with E-state index in [2.05, 4.69) is 6.58 Å². The lowest BCUT2D eigenvalue weighted by Gasteiger charge is -2.20. The van der Waals surface area contributed by atoms with Crippen LogP contribution in [0.25, 0.3) is 0 Å². The lowest BCUT2D eigenvalue weighted by Crippen LogP contribution is -2.33. The van der Waals surface area contributed by atoms with Gasteiger partial charge in [0.25, 0.3) is 5.91 Å². The van der Waals surface area contributed by atoms with Gasteiger partial charge in [0, 0.05) is 18.7 Å². The Bertz CT molecular complexity index is 426. The van der Waals surface area contributed by atoms with E-state index in [0.29, 0.717) is 25.3 Å². The highest BCUT2D eigenvalue weighted by Gasteiger charge is 2.13. The molecule has 1 rings (SSSR count). The number of aliphatic hydroxyl groups is 1. The molecular formula is C16H23NO3. The van der Waals surface area contributed by atoms with Gasteiger partial charge in [-0.15, -0.1) is 6.58 Å². The monoisotopic (exact) mass is 277 g/mol. The summed E-state index contributed by atoms with van der Waals surface area (Å²) in [5.74, 6) is -0.102. The lowest BCUT2D eigenvalue weighted by atomic mass is 10.1. The molecule has 4 heteroatoms. The Morgan fingerprint density at radius 3 is 2.55 bits per heavy atom. The van der Waals surface area contributed by atoms with Crippen molar-refractivity contribution in [3.63, 3.8) is 0 Å². The number of nitrogens with zero attached hydrogens (tertiary/aromatic N) is 1. The Labute approximate surface area is 120 Å². The van der Waals surface area contributed by atoms with Crippen molar-refractivity contribution in [3.8, 4) is 0 Å². The van der Waals surface area contributed by atoms with Gasteiger partial charge in [-0.2, -0.15) is 0 Å². The van der Waals surface area contributed by atoms with Crippen molar-refractivity contribution in [1.82, 2.24) is 4.90 Å². The minimum absolute atomic E-state index is 0.0557. The van der Waals surface area contributed by atoms with Crippen LogP contribution >= 0.6 is 0 Å². The summed E-state index contributed by atoms with van der Waals surface area (Å²) in [6.07, 6.45) is 1.84. The molecule has 0 saturated heterocycles. The van der Waals surface area contributed by atoms with Gasteiger partial charge in [0.1, 0.15) is 0 Å². The minimum atomic E-state index is -0.102. The van der Waals surface area contributed by atoms with E-state index in [1.54, 1.807) is 23.1 Å². The maximum atomic E-state index is 12.2. The van der Waals surface area contributed by atoms with Crippen molar-refractivity contribution in [2.24, 2.45) is 0 Å². The van der Waals surface area contributed by atoms with Crippen molar-refractivity contribution in [3.05, 3.63) is 48.0 Å². The van der Waals surface area contributed by atoms with Crippen LogP contribution in [0.2, 0.25) is 0 Å². The van der Waals surface area contributed by atoms with Gasteiger partial charge >= 0.3 is 0 Å². The van der Waals surface area contributed by atoms with E-state index in [4.69, 9.17) is 9.84 Å². The minimum Gasteiger partial charge on any atom is -0.395 e. The molecule has 4 nitrogen and oxygen atoms in total. The van der Waals surface area contributed by atoms with Crippen LogP contribution in [0.5, 0.6) is 0 Å². The van der Waals surface area contributed by atoms with E-state index < -0.39 is 0 Å². The fraction of sp³-hybridized carbons (Fsp3) is 0.438. The number of amides is 1. The zero-order valence-electron chi connectivity index (χ0n) is 12.2. The Balaban J connectivity index is 2.70. The molecule has 0 aliphatic carbocycles. The fourth-order valence-corrected chi connectivity index (χ4v) is 1.74. The third kappa shape index (κ3) is 5.15. The Morgan fingerprint density at radius 1 is 1.40 bits per heavy atom. The van der Waals surface area contributed by atoms with Crippen LogP contribution in [0.3, 0.4) is 0 Å². The molecule has 20 heavy (non-hydrogen) atoms. The Hall–Kier alpha value is -1.65. The molecule has 0 radical (unpaired) electrons. The number of aliphatic hydroxyl groups excluding tert-OH is 1. The lowest BCUT2D eigenvalue weighted by molar-refractivity contribution is 0.0655. The van der Waals surface area contributed by atoms with Crippen molar-refractivity contribution in [1.29, 1.82) is 0 Å². The molecule has 0 bridgehead atoms. The Morgan fingerprint density at radius 2 is 2.05 bits per heavy atom. The zero-order valence-corrected chi connectivity index (χ0v) is 12.2. The SMILES string of the molecule is C=CCN(CCO)C(=O)c1ccc(COC(C)C)cc1. The first kappa shape index (κ1) is 16.4. The van der Waals surface area contributed by atoms with E-state index in [9.17, 15) is 4.79 Å². The summed E-state index contributed by atoms with van der Waals surface area (Å²) in [6, 6.07) is 7.35. The molecule has 0 unspecified atom stereocenters. The third-order valence-electron chi connectivity index (χ3n) is 2.79. The molecule has 0 aliphatic heterocycles. The molecule has 1 amide bonds. The average molecular weight is 277 g/mol. The number of carbonyl (C=O) groups is 1. The van der Waals surface area contributed by atoms with E-state index >= 15 is 0 Å². The highest BCUT2D eigenvalue weighted by Crippen LogP contribution is 2.09. The summed E-state index contributed by atoms with van der Waals surface area (Å²) in [6.45, 7) is 8.82. The summed E-state index contributed by atoms with van der Waals surface area (Å²) in [5.41, 5.74) is 1.64. The molecule has 0 aliphatic rings. The molecule has 1 aromatic rings. The molecule has 1 aromatic carbocycles. The molecule has 0 fully saturated rings.